The van der Waals surface area contributed by atoms with Gasteiger partial charge in [0.05, 0.1) is 23.1 Å². The molecule has 0 N–H and O–H groups in total. The number of pyridine rings is 1. The van der Waals surface area contributed by atoms with E-state index in [1.807, 2.05) is 0 Å². The predicted octanol–water partition coefficient (Wildman–Crippen LogP) is 4.79. The third-order valence-electron chi connectivity index (χ3n) is 4.11. The molecule has 146 valence electrons. The lowest BCUT2D eigenvalue weighted by Gasteiger charge is -2.11. The topological polar surface area (TPSA) is 71.3 Å². The first-order valence-electron chi connectivity index (χ1n) is 8.22. The van der Waals surface area contributed by atoms with Gasteiger partial charge in [-0.05, 0) is 29.8 Å². The molecule has 0 aliphatic carbocycles. The van der Waals surface area contributed by atoms with E-state index in [2.05, 4.69) is 30.1 Å². The van der Waals surface area contributed by atoms with Gasteiger partial charge < -0.3 is 0 Å². The predicted molar refractivity (Wildman–Crippen MR) is 95.2 cm³/mol. The molecular weight excluding hydrogens is 389 g/mol. The van der Waals surface area contributed by atoms with E-state index in [1.165, 1.54) is 47.3 Å². The Morgan fingerprint density at radius 1 is 0.793 bits per heavy atom. The SMILES string of the molecule is FOc1cccc(-c2c(OF)cc(-n3cc(-c4ccccn4)nn3)cc2OF)c1. The van der Waals surface area contributed by atoms with Crippen LogP contribution in [0.25, 0.3) is 28.2 Å². The average Bonchev–Trinajstić information content (AvgIpc) is 3.29. The third-order valence-corrected chi connectivity index (χ3v) is 4.11. The molecule has 0 spiro atoms. The smallest absolute Gasteiger partial charge is 0.185 e. The Balaban J connectivity index is 1.80. The summed E-state index contributed by atoms with van der Waals surface area (Å²) in [6.07, 6.45) is 3.13. The first-order valence-corrected chi connectivity index (χ1v) is 8.22. The molecule has 0 bridgehead atoms. The fourth-order valence-corrected chi connectivity index (χ4v) is 2.84. The molecule has 0 aliphatic heterocycles. The van der Waals surface area contributed by atoms with Gasteiger partial charge in [-0.1, -0.05) is 23.4 Å². The van der Waals surface area contributed by atoms with E-state index in [0.717, 1.165) is 0 Å². The first kappa shape index (κ1) is 18.3. The lowest BCUT2D eigenvalue weighted by molar-refractivity contribution is -0.0141. The molecule has 0 aliphatic rings. The summed E-state index contributed by atoms with van der Waals surface area (Å²) in [6.45, 7) is 0. The fourth-order valence-electron chi connectivity index (χ4n) is 2.84. The molecule has 0 saturated carbocycles. The Kier molecular flexibility index (Phi) is 4.97. The zero-order valence-electron chi connectivity index (χ0n) is 14.5. The van der Waals surface area contributed by atoms with Crippen molar-refractivity contribution < 1.29 is 28.4 Å². The van der Waals surface area contributed by atoms with Crippen molar-refractivity contribution in [1.82, 2.24) is 20.0 Å². The highest BCUT2D eigenvalue weighted by Gasteiger charge is 2.20. The number of nitrogens with zero attached hydrogens (tertiary/aromatic N) is 4. The summed E-state index contributed by atoms with van der Waals surface area (Å²) in [6, 6.07) is 13.3. The molecule has 0 atom stereocenters. The Labute approximate surface area is 161 Å². The summed E-state index contributed by atoms with van der Waals surface area (Å²) in [5.74, 6) is -0.903. The Bertz CT molecular complexity index is 1110. The zero-order valence-corrected chi connectivity index (χ0v) is 14.5. The summed E-state index contributed by atoms with van der Waals surface area (Å²) in [5, 5.41) is 7.94. The largest absolute Gasteiger partial charge is 0.294 e. The highest BCUT2D eigenvalue weighted by Crippen LogP contribution is 2.42. The monoisotopic (exact) mass is 400 g/mol. The van der Waals surface area contributed by atoms with Gasteiger partial charge in [-0.3, -0.25) is 19.8 Å². The summed E-state index contributed by atoms with van der Waals surface area (Å²) in [5.41, 5.74) is 1.36. The van der Waals surface area contributed by atoms with Crippen molar-refractivity contribution in [2.24, 2.45) is 0 Å². The molecule has 0 saturated heterocycles. The number of aromatic nitrogens is 4. The Morgan fingerprint density at radius 2 is 1.59 bits per heavy atom. The van der Waals surface area contributed by atoms with Gasteiger partial charge in [-0.2, -0.15) is 0 Å². The van der Waals surface area contributed by atoms with Crippen molar-refractivity contribution in [1.29, 1.82) is 0 Å². The van der Waals surface area contributed by atoms with Gasteiger partial charge >= 0.3 is 0 Å². The number of hydrogen-bond acceptors (Lipinski definition) is 6. The minimum absolute atomic E-state index is 0.0808. The minimum atomic E-state index is -0.374. The van der Waals surface area contributed by atoms with Crippen LogP contribution in [0.15, 0.2) is 67.0 Å². The van der Waals surface area contributed by atoms with Crippen molar-refractivity contribution in [2.75, 3.05) is 0 Å². The number of rotatable bonds is 6. The molecule has 4 aromatic rings. The van der Waals surface area contributed by atoms with Crippen LogP contribution in [0.2, 0.25) is 0 Å². The maximum absolute atomic E-state index is 13.3. The molecule has 0 amide bonds. The molecule has 0 fully saturated rings. The van der Waals surface area contributed by atoms with E-state index in [4.69, 9.17) is 0 Å². The maximum Gasteiger partial charge on any atom is 0.185 e. The molecule has 0 radical (unpaired) electrons. The first-order chi connectivity index (χ1) is 14.2. The lowest BCUT2D eigenvalue weighted by Crippen LogP contribution is -1.98. The van der Waals surface area contributed by atoms with Gasteiger partial charge in [0.1, 0.15) is 5.69 Å². The van der Waals surface area contributed by atoms with E-state index >= 15 is 0 Å². The number of hydrogen-bond donors (Lipinski definition) is 0. The molecule has 0 unspecified atom stereocenters. The van der Waals surface area contributed by atoms with Crippen LogP contribution in [0.4, 0.5) is 13.6 Å². The summed E-state index contributed by atoms with van der Waals surface area (Å²) in [4.78, 5) is 15.7. The Morgan fingerprint density at radius 3 is 2.24 bits per heavy atom. The second kappa shape index (κ2) is 7.89. The standard InChI is InChI=1S/C19H11F3N4O3/c20-27-14-5-3-4-12(8-14)19-17(28-21)9-13(10-18(19)29-22)26-11-16(24-25-26)15-6-1-2-7-23-15/h1-11H. The number of halogens is 3. The fraction of sp³-hybridized carbons (Fsp3) is 0. The summed E-state index contributed by atoms with van der Waals surface area (Å²) in [7, 11) is 0. The van der Waals surface area contributed by atoms with Crippen LogP contribution in [0, 0.1) is 0 Å². The van der Waals surface area contributed by atoms with Crippen LogP contribution in [-0.4, -0.2) is 20.0 Å². The van der Waals surface area contributed by atoms with Crippen molar-refractivity contribution in [2.45, 2.75) is 0 Å². The van der Waals surface area contributed by atoms with E-state index in [1.54, 1.807) is 24.4 Å². The van der Waals surface area contributed by atoms with E-state index in [0.29, 0.717) is 11.4 Å². The molecule has 2 aromatic carbocycles. The molecule has 29 heavy (non-hydrogen) atoms. The molecule has 10 heteroatoms. The third kappa shape index (κ3) is 3.55. The highest BCUT2D eigenvalue weighted by molar-refractivity contribution is 5.79. The molecule has 4 rings (SSSR count). The number of benzene rings is 2. The normalized spacial score (nSPS) is 10.6. The van der Waals surface area contributed by atoms with Crippen molar-refractivity contribution in [3.63, 3.8) is 0 Å². The van der Waals surface area contributed by atoms with Gasteiger partial charge in [-0.15, -0.1) is 5.10 Å². The van der Waals surface area contributed by atoms with E-state index in [-0.39, 0.29) is 34.1 Å². The van der Waals surface area contributed by atoms with Crippen LogP contribution in [0.1, 0.15) is 0 Å². The van der Waals surface area contributed by atoms with Crippen molar-refractivity contribution in [3.05, 3.63) is 67.0 Å². The van der Waals surface area contributed by atoms with Crippen LogP contribution >= 0.6 is 0 Å². The quantitative estimate of drug-likeness (QED) is 0.464. The van der Waals surface area contributed by atoms with E-state index in [9.17, 15) is 13.6 Å². The van der Waals surface area contributed by atoms with Crippen molar-refractivity contribution >= 4 is 0 Å². The van der Waals surface area contributed by atoms with Gasteiger partial charge in [0.25, 0.3) is 0 Å². The molecule has 2 heterocycles. The molecule has 7 nitrogen and oxygen atoms in total. The molecule has 2 aromatic heterocycles. The maximum atomic E-state index is 13.3. The van der Waals surface area contributed by atoms with Gasteiger partial charge in [0, 0.05) is 31.9 Å². The van der Waals surface area contributed by atoms with Gasteiger partial charge in [0.15, 0.2) is 17.2 Å². The van der Waals surface area contributed by atoms with E-state index < -0.39 is 0 Å². The van der Waals surface area contributed by atoms with Gasteiger partial charge in [0.2, 0.25) is 0 Å². The average molecular weight is 400 g/mol. The Hall–Kier alpha value is -4.08. The molecular formula is C19H11F3N4O3. The zero-order chi connectivity index (χ0) is 20.2. The highest BCUT2D eigenvalue weighted by atomic mass is 19.3. The van der Waals surface area contributed by atoms with Gasteiger partial charge in [-0.25, -0.2) is 4.68 Å². The van der Waals surface area contributed by atoms with Crippen LogP contribution in [0.5, 0.6) is 17.2 Å². The van der Waals surface area contributed by atoms with Crippen LogP contribution < -0.4 is 14.8 Å². The van der Waals surface area contributed by atoms with Crippen LogP contribution in [-0.2, 0) is 0 Å². The van der Waals surface area contributed by atoms with Crippen molar-refractivity contribution in [3.8, 4) is 45.5 Å². The summed E-state index contributed by atoms with van der Waals surface area (Å²) < 4.78 is 40.4. The lowest BCUT2D eigenvalue weighted by atomic mass is 10.0. The minimum Gasteiger partial charge on any atom is -0.294 e. The van der Waals surface area contributed by atoms with Crippen LogP contribution in [0.3, 0.4) is 0 Å². The second-order valence-electron chi connectivity index (χ2n) is 5.84. The summed E-state index contributed by atoms with van der Waals surface area (Å²) >= 11 is 0. The second-order valence-corrected chi connectivity index (χ2v) is 5.84.